The van der Waals surface area contributed by atoms with Crippen molar-refractivity contribution in [1.82, 2.24) is 10.3 Å². The maximum absolute atomic E-state index is 11.3. The van der Waals surface area contributed by atoms with Crippen molar-refractivity contribution in [1.29, 1.82) is 0 Å². The fourth-order valence-electron chi connectivity index (χ4n) is 1.27. The normalized spacial score (nSPS) is 10.7. The van der Waals surface area contributed by atoms with Crippen LogP contribution in [0.1, 0.15) is 30.2 Å². The smallest absolute Gasteiger partial charge is 0.220 e. The number of carbonyl (C=O) groups excluding carboxylic acids is 1. The van der Waals surface area contributed by atoms with Crippen LogP contribution < -0.4 is 5.32 Å². The van der Waals surface area contributed by atoms with Gasteiger partial charge in [-0.25, -0.2) is 4.98 Å². The monoisotopic (exact) mass is 226 g/mol. The molecule has 1 aromatic rings. The van der Waals surface area contributed by atoms with Crippen molar-refractivity contribution in [3.63, 3.8) is 0 Å². The number of aromatic nitrogens is 1. The van der Waals surface area contributed by atoms with E-state index in [-0.39, 0.29) is 5.91 Å². The summed E-state index contributed by atoms with van der Waals surface area (Å²) in [5.41, 5.74) is 0. The summed E-state index contributed by atoms with van der Waals surface area (Å²) in [5, 5.41) is 3.99. The summed E-state index contributed by atoms with van der Waals surface area (Å²) in [6, 6.07) is 0. The van der Waals surface area contributed by atoms with Crippen LogP contribution in [-0.2, 0) is 11.2 Å². The number of hydrogen-bond donors (Lipinski definition) is 1. The Morgan fingerprint density at radius 2 is 2.33 bits per heavy atom. The van der Waals surface area contributed by atoms with E-state index in [1.807, 2.05) is 27.0 Å². The molecular formula is C11H18N2OS. The predicted octanol–water partition coefficient (Wildman–Crippen LogP) is 2.16. The molecule has 0 saturated heterocycles. The van der Waals surface area contributed by atoms with Crippen LogP contribution in [0, 0.1) is 12.8 Å². The van der Waals surface area contributed by atoms with E-state index < -0.39 is 0 Å². The van der Waals surface area contributed by atoms with Crippen molar-refractivity contribution in [2.75, 3.05) is 6.54 Å². The zero-order valence-electron chi connectivity index (χ0n) is 9.54. The van der Waals surface area contributed by atoms with Crippen molar-refractivity contribution < 1.29 is 4.79 Å². The number of amides is 1. The minimum atomic E-state index is 0.137. The summed E-state index contributed by atoms with van der Waals surface area (Å²) >= 11 is 1.69. The van der Waals surface area contributed by atoms with Crippen LogP contribution >= 0.6 is 11.3 Å². The second-order valence-corrected chi connectivity index (χ2v) is 5.38. The van der Waals surface area contributed by atoms with Gasteiger partial charge in [-0.05, 0) is 12.8 Å². The molecule has 1 aromatic heterocycles. The van der Waals surface area contributed by atoms with Crippen molar-refractivity contribution in [2.24, 2.45) is 5.92 Å². The molecule has 3 nitrogen and oxygen atoms in total. The molecule has 0 aliphatic carbocycles. The molecule has 4 heteroatoms. The van der Waals surface area contributed by atoms with E-state index in [1.165, 1.54) is 4.88 Å². The van der Waals surface area contributed by atoms with Crippen LogP contribution in [0.15, 0.2) is 6.20 Å². The molecule has 0 aliphatic heterocycles. The zero-order valence-corrected chi connectivity index (χ0v) is 10.4. The largest absolute Gasteiger partial charge is 0.356 e. The molecule has 0 unspecified atom stereocenters. The van der Waals surface area contributed by atoms with E-state index in [0.717, 1.165) is 11.4 Å². The Balaban J connectivity index is 2.19. The summed E-state index contributed by atoms with van der Waals surface area (Å²) in [6.07, 6.45) is 3.31. The first-order valence-corrected chi connectivity index (χ1v) is 6.07. The molecule has 0 atom stereocenters. The van der Waals surface area contributed by atoms with Gasteiger partial charge in [0.15, 0.2) is 0 Å². The zero-order chi connectivity index (χ0) is 11.3. The molecular weight excluding hydrogens is 208 g/mol. The van der Waals surface area contributed by atoms with Crippen LogP contribution in [0.25, 0.3) is 0 Å². The predicted molar refractivity (Wildman–Crippen MR) is 63.0 cm³/mol. The minimum absolute atomic E-state index is 0.137. The molecule has 1 rings (SSSR count). The number of hydrogen-bond acceptors (Lipinski definition) is 3. The number of nitrogens with one attached hydrogen (secondary N) is 1. The Hall–Kier alpha value is -0.900. The van der Waals surface area contributed by atoms with Crippen molar-refractivity contribution >= 4 is 17.2 Å². The van der Waals surface area contributed by atoms with Gasteiger partial charge >= 0.3 is 0 Å². The van der Waals surface area contributed by atoms with Gasteiger partial charge in [-0.3, -0.25) is 4.79 Å². The molecule has 1 heterocycles. The van der Waals surface area contributed by atoms with Gasteiger partial charge in [-0.1, -0.05) is 13.8 Å². The second-order valence-electron chi connectivity index (χ2n) is 4.06. The van der Waals surface area contributed by atoms with Crippen LogP contribution in [0.5, 0.6) is 0 Å². The minimum Gasteiger partial charge on any atom is -0.356 e. The molecule has 0 saturated carbocycles. The van der Waals surface area contributed by atoms with Gasteiger partial charge in [0.25, 0.3) is 0 Å². The molecule has 0 radical (unpaired) electrons. The first kappa shape index (κ1) is 12.2. The Labute approximate surface area is 94.9 Å². The lowest BCUT2D eigenvalue weighted by molar-refractivity contribution is -0.121. The molecule has 84 valence electrons. The molecule has 1 amide bonds. The summed E-state index contributed by atoms with van der Waals surface area (Å²) < 4.78 is 0. The fourth-order valence-corrected chi connectivity index (χ4v) is 2.06. The third kappa shape index (κ3) is 4.93. The maximum Gasteiger partial charge on any atom is 0.220 e. The number of carbonyl (C=O) groups is 1. The molecule has 0 bridgehead atoms. The van der Waals surface area contributed by atoms with E-state index >= 15 is 0 Å². The average Bonchev–Trinajstić information content (AvgIpc) is 2.50. The second kappa shape index (κ2) is 5.85. The number of rotatable bonds is 5. The lowest BCUT2D eigenvalue weighted by atomic mass is 10.1. The van der Waals surface area contributed by atoms with E-state index in [4.69, 9.17) is 0 Å². The molecule has 1 N–H and O–H groups in total. The van der Waals surface area contributed by atoms with Gasteiger partial charge in [0.2, 0.25) is 5.91 Å². The molecule has 15 heavy (non-hydrogen) atoms. The summed E-state index contributed by atoms with van der Waals surface area (Å²) in [6.45, 7) is 6.82. The maximum atomic E-state index is 11.3. The Bertz CT molecular complexity index is 320. The molecule has 0 fully saturated rings. The van der Waals surface area contributed by atoms with Crippen LogP contribution in [0.3, 0.4) is 0 Å². The first-order valence-electron chi connectivity index (χ1n) is 5.26. The number of nitrogens with zero attached hydrogens (tertiary/aromatic N) is 1. The quantitative estimate of drug-likeness (QED) is 0.836. The van der Waals surface area contributed by atoms with Crippen LogP contribution in [-0.4, -0.2) is 17.4 Å². The SMILES string of the molecule is Cc1cnc(CCNC(=O)CC(C)C)s1. The van der Waals surface area contributed by atoms with E-state index in [0.29, 0.717) is 18.9 Å². The van der Waals surface area contributed by atoms with E-state index in [2.05, 4.69) is 10.3 Å². The average molecular weight is 226 g/mol. The molecule has 0 aliphatic rings. The highest BCUT2D eigenvalue weighted by Crippen LogP contribution is 2.10. The van der Waals surface area contributed by atoms with Gasteiger partial charge in [0, 0.05) is 30.5 Å². The standard InChI is InChI=1S/C11H18N2OS/c1-8(2)6-10(14)12-5-4-11-13-7-9(3)15-11/h7-8H,4-6H2,1-3H3,(H,12,14). The number of thiazole rings is 1. The Morgan fingerprint density at radius 3 is 2.87 bits per heavy atom. The van der Waals surface area contributed by atoms with Crippen LogP contribution in [0.4, 0.5) is 0 Å². The first-order chi connectivity index (χ1) is 7.08. The lowest BCUT2D eigenvalue weighted by Gasteiger charge is -2.05. The van der Waals surface area contributed by atoms with Gasteiger partial charge in [-0.15, -0.1) is 11.3 Å². The highest BCUT2D eigenvalue weighted by atomic mass is 32.1. The highest BCUT2D eigenvalue weighted by Gasteiger charge is 2.04. The number of aryl methyl sites for hydroxylation is 1. The fraction of sp³-hybridized carbons (Fsp3) is 0.636. The topological polar surface area (TPSA) is 42.0 Å². The van der Waals surface area contributed by atoms with Gasteiger partial charge in [0.05, 0.1) is 5.01 Å². The van der Waals surface area contributed by atoms with Crippen molar-refractivity contribution in [3.05, 3.63) is 16.1 Å². The van der Waals surface area contributed by atoms with Crippen molar-refractivity contribution in [3.8, 4) is 0 Å². The Kier molecular flexibility index (Phi) is 4.75. The third-order valence-corrected chi connectivity index (χ3v) is 2.90. The molecule has 0 spiro atoms. The summed E-state index contributed by atoms with van der Waals surface area (Å²) in [7, 11) is 0. The third-order valence-electron chi connectivity index (χ3n) is 1.92. The Morgan fingerprint density at radius 1 is 1.60 bits per heavy atom. The van der Waals surface area contributed by atoms with Crippen molar-refractivity contribution in [2.45, 2.75) is 33.6 Å². The van der Waals surface area contributed by atoms with Gasteiger partial charge in [-0.2, -0.15) is 0 Å². The van der Waals surface area contributed by atoms with Crippen LogP contribution in [0.2, 0.25) is 0 Å². The molecule has 0 aromatic carbocycles. The summed E-state index contributed by atoms with van der Waals surface area (Å²) in [5.74, 6) is 0.561. The van der Waals surface area contributed by atoms with Gasteiger partial charge in [0.1, 0.15) is 0 Å². The summed E-state index contributed by atoms with van der Waals surface area (Å²) in [4.78, 5) is 16.8. The highest BCUT2D eigenvalue weighted by molar-refractivity contribution is 7.11. The van der Waals surface area contributed by atoms with Gasteiger partial charge < -0.3 is 5.32 Å². The van der Waals surface area contributed by atoms with E-state index in [1.54, 1.807) is 11.3 Å². The van der Waals surface area contributed by atoms with E-state index in [9.17, 15) is 4.79 Å². The lowest BCUT2D eigenvalue weighted by Crippen LogP contribution is -2.26.